The van der Waals surface area contributed by atoms with Crippen LogP contribution in [0.3, 0.4) is 0 Å². The summed E-state index contributed by atoms with van der Waals surface area (Å²) >= 11 is 0. The molecule has 0 saturated heterocycles. The minimum Gasteiger partial charge on any atom is -0.369 e. The van der Waals surface area contributed by atoms with Crippen LogP contribution in [0.25, 0.3) is 0 Å². The first-order valence-corrected chi connectivity index (χ1v) is 5.70. The lowest BCUT2D eigenvalue weighted by atomic mass is 9.94. The van der Waals surface area contributed by atoms with E-state index in [0.29, 0.717) is 12.5 Å². The number of rotatable bonds is 5. The van der Waals surface area contributed by atoms with E-state index < -0.39 is 0 Å². The third-order valence-corrected chi connectivity index (χ3v) is 2.58. The zero-order valence-electron chi connectivity index (χ0n) is 10.6. The molecule has 0 atom stereocenters. The summed E-state index contributed by atoms with van der Waals surface area (Å²) in [5, 5.41) is 3.30. The predicted octanol–water partition coefficient (Wildman–Crippen LogP) is 2.00. The van der Waals surface area contributed by atoms with Crippen molar-refractivity contribution < 1.29 is 0 Å². The number of nitrogens with two attached hydrogens (primary N) is 1. The Morgan fingerprint density at radius 2 is 2.06 bits per heavy atom. The van der Waals surface area contributed by atoms with Crippen molar-refractivity contribution in [3.63, 3.8) is 0 Å². The highest BCUT2D eigenvalue weighted by Gasteiger charge is 2.15. The molecule has 0 aromatic carbocycles. The third-order valence-electron chi connectivity index (χ3n) is 2.58. The molecule has 1 aromatic heterocycles. The summed E-state index contributed by atoms with van der Waals surface area (Å²) in [6.45, 7) is 9.97. The van der Waals surface area contributed by atoms with Gasteiger partial charge in [0.2, 0.25) is 0 Å². The number of hydrogen-bond donors (Lipinski definition) is 2. The van der Waals surface area contributed by atoms with Crippen molar-refractivity contribution in [2.45, 2.75) is 33.6 Å². The second kappa shape index (κ2) is 5.25. The van der Waals surface area contributed by atoms with E-state index >= 15 is 0 Å². The smallest absolute Gasteiger partial charge is 0.129 e. The predicted molar refractivity (Wildman–Crippen MR) is 67.4 cm³/mol. The summed E-state index contributed by atoms with van der Waals surface area (Å²) in [4.78, 5) is 8.42. The number of nitrogens with one attached hydrogen (secondary N) is 1. The molecule has 0 aliphatic rings. The fourth-order valence-electron chi connectivity index (χ4n) is 1.19. The summed E-state index contributed by atoms with van der Waals surface area (Å²) < 4.78 is 0. The van der Waals surface area contributed by atoms with E-state index in [4.69, 9.17) is 5.73 Å². The molecular formula is C12H22N4. The van der Waals surface area contributed by atoms with Gasteiger partial charge >= 0.3 is 0 Å². The zero-order valence-corrected chi connectivity index (χ0v) is 10.6. The van der Waals surface area contributed by atoms with Gasteiger partial charge < -0.3 is 11.1 Å². The third kappa shape index (κ3) is 3.77. The second-order valence-corrected chi connectivity index (χ2v) is 5.20. The number of hydrogen-bond acceptors (Lipinski definition) is 4. The molecule has 0 bridgehead atoms. The molecule has 0 saturated carbocycles. The summed E-state index contributed by atoms with van der Waals surface area (Å²) in [5.74, 6) is 1.30. The van der Waals surface area contributed by atoms with Gasteiger partial charge in [0.15, 0.2) is 0 Å². The number of nitrogens with zero attached hydrogens (tertiary/aromatic N) is 2. The largest absolute Gasteiger partial charge is 0.369 e. The number of aromatic nitrogens is 2. The molecule has 0 radical (unpaired) electrons. The van der Waals surface area contributed by atoms with Crippen LogP contribution in [-0.2, 0) is 0 Å². The van der Waals surface area contributed by atoms with Crippen LogP contribution in [0.1, 0.15) is 39.3 Å². The first-order chi connectivity index (χ1) is 7.44. The van der Waals surface area contributed by atoms with E-state index in [1.165, 1.54) is 0 Å². The molecule has 1 aromatic rings. The van der Waals surface area contributed by atoms with Crippen LogP contribution in [0.2, 0.25) is 0 Å². The molecule has 90 valence electrons. The van der Waals surface area contributed by atoms with E-state index in [1.54, 1.807) is 6.33 Å². The molecule has 0 spiro atoms. The maximum Gasteiger partial charge on any atom is 0.129 e. The monoisotopic (exact) mass is 222 g/mol. The Labute approximate surface area is 97.7 Å². The summed E-state index contributed by atoms with van der Waals surface area (Å²) in [5.41, 5.74) is 6.82. The van der Waals surface area contributed by atoms with Crippen molar-refractivity contribution >= 4 is 5.82 Å². The van der Waals surface area contributed by atoms with Crippen molar-refractivity contribution in [3.05, 3.63) is 18.1 Å². The molecule has 0 unspecified atom stereocenters. The first kappa shape index (κ1) is 12.9. The molecular weight excluding hydrogens is 200 g/mol. The van der Waals surface area contributed by atoms with E-state index in [2.05, 4.69) is 43.0 Å². The molecule has 1 rings (SSSR count). The fourth-order valence-corrected chi connectivity index (χ4v) is 1.19. The van der Waals surface area contributed by atoms with Crippen LogP contribution in [0.15, 0.2) is 12.4 Å². The number of anilines is 1. The van der Waals surface area contributed by atoms with Gasteiger partial charge in [-0.1, -0.05) is 27.7 Å². The minimum atomic E-state index is 0.0863. The van der Waals surface area contributed by atoms with Gasteiger partial charge in [0.1, 0.15) is 12.1 Å². The molecule has 0 fully saturated rings. The molecule has 3 N–H and O–H groups in total. The Balaban J connectivity index is 2.64. The maximum absolute atomic E-state index is 5.68. The average Bonchev–Trinajstić information content (AvgIpc) is 2.27. The molecule has 0 amide bonds. The Morgan fingerprint density at radius 3 is 2.62 bits per heavy atom. The van der Waals surface area contributed by atoms with Crippen LogP contribution in [0, 0.1) is 5.41 Å². The normalized spacial score (nSPS) is 11.9. The fraction of sp³-hybridized carbons (Fsp3) is 0.667. The van der Waals surface area contributed by atoms with Crippen molar-refractivity contribution in [1.82, 2.24) is 9.97 Å². The van der Waals surface area contributed by atoms with Crippen LogP contribution < -0.4 is 11.1 Å². The van der Waals surface area contributed by atoms with Gasteiger partial charge in [-0.25, -0.2) is 9.97 Å². The topological polar surface area (TPSA) is 63.8 Å². The molecule has 0 aliphatic heterocycles. The van der Waals surface area contributed by atoms with Crippen molar-refractivity contribution in [3.8, 4) is 0 Å². The standard InChI is InChI=1S/C12H22N4/c1-9(2)10-5-11(16-8-15-10)14-7-12(3,4)6-13/h5,8-9H,6-7,13H2,1-4H3,(H,14,15,16). The van der Waals surface area contributed by atoms with Crippen LogP contribution in [0.4, 0.5) is 5.82 Å². The second-order valence-electron chi connectivity index (χ2n) is 5.20. The van der Waals surface area contributed by atoms with Crippen LogP contribution >= 0.6 is 0 Å². The quantitative estimate of drug-likeness (QED) is 0.799. The molecule has 0 aliphatic carbocycles. The van der Waals surface area contributed by atoms with E-state index in [9.17, 15) is 0 Å². The Morgan fingerprint density at radius 1 is 1.38 bits per heavy atom. The van der Waals surface area contributed by atoms with Gasteiger partial charge in [0.25, 0.3) is 0 Å². The lowest BCUT2D eigenvalue weighted by Gasteiger charge is -2.23. The Kier molecular flexibility index (Phi) is 4.24. The molecule has 1 heterocycles. The van der Waals surface area contributed by atoms with Gasteiger partial charge in [0, 0.05) is 18.3 Å². The lowest BCUT2D eigenvalue weighted by Crippen LogP contribution is -2.31. The average molecular weight is 222 g/mol. The van der Waals surface area contributed by atoms with Crippen molar-refractivity contribution in [2.75, 3.05) is 18.4 Å². The highest BCUT2D eigenvalue weighted by molar-refractivity contribution is 5.35. The summed E-state index contributed by atoms with van der Waals surface area (Å²) in [6.07, 6.45) is 1.60. The van der Waals surface area contributed by atoms with Gasteiger partial charge in [0.05, 0.1) is 0 Å². The van der Waals surface area contributed by atoms with Crippen molar-refractivity contribution in [1.29, 1.82) is 0 Å². The lowest BCUT2D eigenvalue weighted by molar-refractivity contribution is 0.405. The maximum atomic E-state index is 5.68. The zero-order chi connectivity index (χ0) is 12.2. The van der Waals surface area contributed by atoms with Crippen molar-refractivity contribution in [2.24, 2.45) is 11.1 Å². The summed E-state index contributed by atoms with van der Waals surface area (Å²) in [7, 11) is 0. The highest BCUT2D eigenvalue weighted by Crippen LogP contribution is 2.16. The Bertz CT molecular complexity index is 334. The molecule has 4 heteroatoms. The SMILES string of the molecule is CC(C)c1cc(NCC(C)(C)CN)ncn1. The first-order valence-electron chi connectivity index (χ1n) is 5.70. The Hall–Kier alpha value is -1.16. The van der Waals surface area contributed by atoms with Gasteiger partial charge in [-0.05, 0) is 17.9 Å². The minimum absolute atomic E-state index is 0.0863. The van der Waals surface area contributed by atoms with E-state index in [-0.39, 0.29) is 5.41 Å². The van der Waals surface area contributed by atoms with Gasteiger partial charge in [-0.2, -0.15) is 0 Å². The van der Waals surface area contributed by atoms with Gasteiger partial charge in [-0.15, -0.1) is 0 Å². The highest BCUT2D eigenvalue weighted by atomic mass is 15.0. The van der Waals surface area contributed by atoms with E-state index in [1.807, 2.05) is 6.07 Å². The summed E-state index contributed by atoms with van der Waals surface area (Å²) in [6, 6.07) is 2.00. The van der Waals surface area contributed by atoms with Crippen LogP contribution in [-0.4, -0.2) is 23.1 Å². The molecule has 16 heavy (non-hydrogen) atoms. The van der Waals surface area contributed by atoms with Crippen LogP contribution in [0.5, 0.6) is 0 Å². The molecule has 4 nitrogen and oxygen atoms in total. The van der Waals surface area contributed by atoms with E-state index in [0.717, 1.165) is 18.1 Å². The van der Waals surface area contributed by atoms with Gasteiger partial charge in [-0.3, -0.25) is 0 Å².